The molecule has 0 saturated heterocycles. The van der Waals surface area contributed by atoms with E-state index in [0.717, 1.165) is 22.5 Å². The zero-order valence-corrected chi connectivity index (χ0v) is 16.0. The van der Waals surface area contributed by atoms with Crippen molar-refractivity contribution in [3.63, 3.8) is 0 Å². The molecule has 0 fully saturated rings. The lowest BCUT2D eigenvalue weighted by Crippen LogP contribution is -1.93. The molecular formula is C24H20FN3O. The molecular weight excluding hydrogens is 365 g/mol. The van der Waals surface area contributed by atoms with Crippen molar-refractivity contribution in [2.45, 2.75) is 13.5 Å². The van der Waals surface area contributed by atoms with Crippen molar-refractivity contribution in [3.8, 4) is 16.9 Å². The summed E-state index contributed by atoms with van der Waals surface area (Å²) < 4.78 is 15.5. The fourth-order valence-corrected chi connectivity index (χ4v) is 2.95. The number of benzene rings is 3. The van der Waals surface area contributed by atoms with Gasteiger partial charge in [0.15, 0.2) is 0 Å². The van der Waals surface area contributed by atoms with Crippen LogP contribution in [-0.2, 0) is 11.4 Å². The lowest BCUT2D eigenvalue weighted by molar-refractivity contribution is 0.129. The number of hydrogen-bond acceptors (Lipinski definition) is 3. The van der Waals surface area contributed by atoms with E-state index in [2.05, 4.69) is 5.16 Å². The molecule has 0 spiro atoms. The van der Waals surface area contributed by atoms with Crippen molar-refractivity contribution in [2.24, 2.45) is 5.16 Å². The van der Waals surface area contributed by atoms with Crippen molar-refractivity contribution in [1.82, 2.24) is 9.78 Å². The van der Waals surface area contributed by atoms with Crippen molar-refractivity contribution < 1.29 is 9.23 Å². The molecule has 0 radical (unpaired) electrons. The largest absolute Gasteiger partial charge is 0.391 e. The van der Waals surface area contributed by atoms with Crippen molar-refractivity contribution >= 4 is 6.21 Å². The predicted molar refractivity (Wildman–Crippen MR) is 113 cm³/mol. The molecule has 0 aliphatic heterocycles. The van der Waals surface area contributed by atoms with Crippen LogP contribution in [0.5, 0.6) is 0 Å². The Morgan fingerprint density at radius 1 is 0.966 bits per heavy atom. The molecule has 0 atom stereocenters. The number of nitrogens with zero attached hydrogens (tertiary/aromatic N) is 3. The van der Waals surface area contributed by atoms with Gasteiger partial charge in [-0.1, -0.05) is 71.4 Å². The highest BCUT2D eigenvalue weighted by atomic mass is 19.1. The molecule has 0 unspecified atom stereocenters. The van der Waals surface area contributed by atoms with Crippen LogP contribution in [0.2, 0.25) is 0 Å². The summed E-state index contributed by atoms with van der Waals surface area (Å²) in [5.74, 6) is -0.306. The molecule has 144 valence electrons. The summed E-state index contributed by atoms with van der Waals surface area (Å²) >= 11 is 0. The Balaban J connectivity index is 1.61. The highest BCUT2D eigenvalue weighted by molar-refractivity contribution is 5.88. The molecule has 0 bridgehead atoms. The standard InChI is InChI=1S/C24H20FN3O/c1-18-11-13-19(14-12-18)24-21(16-28(27-24)22-8-3-2-4-9-22)15-26-29-17-20-7-5-6-10-23(20)25/h2-16H,17H2,1H3/b26-15+. The minimum absolute atomic E-state index is 0.0653. The van der Waals surface area contributed by atoms with Crippen LogP contribution in [0.1, 0.15) is 16.7 Å². The van der Waals surface area contributed by atoms with E-state index in [9.17, 15) is 4.39 Å². The van der Waals surface area contributed by atoms with Gasteiger partial charge in [0.25, 0.3) is 0 Å². The molecule has 4 nitrogen and oxygen atoms in total. The van der Waals surface area contributed by atoms with Crippen LogP contribution in [-0.4, -0.2) is 16.0 Å². The minimum atomic E-state index is -0.306. The lowest BCUT2D eigenvalue weighted by Gasteiger charge is -2.02. The van der Waals surface area contributed by atoms with Gasteiger partial charge in [-0.3, -0.25) is 0 Å². The van der Waals surface area contributed by atoms with E-state index in [-0.39, 0.29) is 12.4 Å². The Labute approximate surface area is 168 Å². The molecule has 0 N–H and O–H groups in total. The Hall–Kier alpha value is -3.73. The summed E-state index contributed by atoms with van der Waals surface area (Å²) in [5.41, 5.74) is 5.19. The zero-order valence-electron chi connectivity index (χ0n) is 16.0. The highest BCUT2D eigenvalue weighted by Gasteiger charge is 2.11. The molecule has 1 aromatic heterocycles. The van der Waals surface area contributed by atoms with Crippen LogP contribution in [0.4, 0.5) is 4.39 Å². The zero-order chi connectivity index (χ0) is 20.1. The molecule has 0 saturated carbocycles. The molecule has 1 heterocycles. The first-order valence-electron chi connectivity index (χ1n) is 9.31. The third-order valence-electron chi connectivity index (χ3n) is 4.53. The van der Waals surface area contributed by atoms with Gasteiger partial charge in [-0.2, -0.15) is 5.10 Å². The maximum absolute atomic E-state index is 13.7. The monoisotopic (exact) mass is 385 g/mol. The van der Waals surface area contributed by atoms with Crippen LogP contribution in [0.3, 0.4) is 0 Å². The molecule has 5 heteroatoms. The molecule has 0 amide bonds. The van der Waals surface area contributed by atoms with Crippen molar-refractivity contribution in [3.05, 3.63) is 108 Å². The lowest BCUT2D eigenvalue weighted by atomic mass is 10.1. The topological polar surface area (TPSA) is 39.4 Å². The first-order chi connectivity index (χ1) is 14.2. The highest BCUT2D eigenvalue weighted by Crippen LogP contribution is 2.23. The van der Waals surface area contributed by atoms with Crippen LogP contribution in [0.25, 0.3) is 16.9 Å². The second kappa shape index (κ2) is 8.52. The molecule has 0 aliphatic carbocycles. The van der Waals surface area contributed by atoms with Crippen LogP contribution in [0, 0.1) is 12.7 Å². The van der Waals surface area contributed by atoms with Gasteiger partial charge in [0, 0.05) is 22.9 Å². The van der Waals surface area contributed by atoms with Gasteiger partial charge in [0.2, 0.25) is 0 Å². The van der Waals surface area contributed by atoms with Crippen molar-refractivity contribution in [1.29, 1.82) is 0 Å². The molecule has 0 aliphatic rings. The van der Waals surface area contributed by atoms with E-state index in [0.29, 0.717) is 5.56 Å². The van der Waals surface area contributed by atoms with Crippen LogP contribution in [0.15, 0.2) is 90.2 Å². The molecule has 4 aromatic rings. The smallest absolute Gasteiger partial charge is 0.145 e. The normalized spacial score (nSPS) is 11.1. The van der Waals surface area contributed by atoms with E-state index in [1.54, 1.807) is 24.4 Å². The summed E-state index contributed by atoms with van der Waals surface area (Å²) in [6.07, 6.45) is 3.52. The van der Waals surface area contributed by atoms with E-state index in [1.807, 2.05) is 72.4 Å². The number of oxime groups is 1. The summed E-state index contributed by atoms with van der Waals surface area (Å²) in [6.45, 7) is 2.11. The Kier molecular flexibility index (Phi) is 5.47. The first kappa shape index (κ1) is 18.6. The maximum Gasteiger partial charge on any atom is 0.145 e. The van der Waals surface area contributed by atoms with Gasteiger partial charge in [-0.25, -0.2) is 9.07 Å². The van der Waals surface area contributed by atoms with Gasteiger partial charge >= 0.3 is 0 Å². The fourth-order valence-electron chi connectivity index (χ4n) is 2.95. The van der Waals surface area contributed by atoms with Crippen LogP contribution < -0.4 is 0 Å². The first-order valence-corrected chi connectivity index (χ1v) is 9.31. The average molecular weight is 385 g/mol. The van der Waals surface area contributed by atoms with E-state index >= 15 is 0 Å². The average Bonchev–Trinajstić information content (AvgIpc) is 3.18. The second-order valence-electron chi connectivity index (χ2n) is 6.68. The quantitative estimate of drug-likeness (QED) is 0.323. The van der Waals surface area contributed by atoms with E-state index < -0.39 is 0 Å². The van der Waals surface area contributed by atoms with E-state index in [1.165, 1.54) is 11.6 Å². The van der Waals surface area contributed by atoms with Gasteiger partial charge in [0.05, 0.1) is 11.9 Å². The summed E-state index contributed by atoms with van der Waals surface area (Å²) in [5, 5.41) is 8.78. The molecule has 3 aromatic carbocycles. The number of halogens is 1. The third-order valence-corrected chi connectivity index (χ3v) is 4.53. The maximum atomic E-state index is 13.7. The van der Waals surface area contributed by atoms with Crippen molar-refractivity contribution in [2.75, 3.05) is 0 Å². The number of para-hydroxylation sites is 1. The van der Waals surface area contributed by atoms with Gasteiger partial charge in [-0.05, 0) is 25.1 Å². The number of rotatable bonds is 6. The Morgan fingerprint density at radius 2 is 1.69 bits per heavy atom. The minimum Gasteiger partial charge on any atom is -0.391 e. The summed E-state index contributed by atoms with van der Waals surface area (Å²) in [4.78, 5) is 5.32. The Morgan fingerprint density at radius 3 is 2.45 bits per heavy atom. The Bertz CT molecular complexity index is 1120. The molecule has 29 heavy (non-hydrogen) atoms. The molecule has 4 rings (SSSR count). The van der Waals surface area contributed by atoms with E-state index in [4.69, 9.17) is 9.94 Å². The summed E-state index contributed by atoms with van der Waals surface area (Å²) in [7, 11) is 0. The fraction of sp³-hybridized carbons (Fsp3) is 0.0833. The SMILES string of the molecule is Cc1ccc(-c2nn(-c3ccccc3)cc2/C=N/OCc2ccccc2F)cc1. The van der Waals surface area contributed by atoms with Gasteiger partial charge in [0.1, 0.15) is 18.1 Å². The summed E-state index contributed by atoms with van der Waals surface area (Å²) in [6, 6.07) is 24.5. The number of aryl methyl sites for hydroxylation is 1. The van der Waals surface area contributed by atoms with Gasteiger partial charge < -0.3 is 4.84 Å². The number of aromatic nitrogens is 2. The predicted octanol–water partition coefficient (Wildman–Crippen LogP) is 5.54. The third kappa shape index (κ3) is 4.41. The second-order valence-corrected chi connectivity index (χ2v) is 6.68. The van der Waals surface area contributed by atoms with Gasteiger partial charge in [-0.15, -0.1) is 0 Å². The van der Waals surface area contributed by atoms with Crippen LogP contribution >= 0.6 is 0 Å². The number of hydrogen-bond donors (Lipinski definition) is 0.